The number of hydrogen-bond donors (Lipinski definition) is 4. The number of anilines is 8. The molecule has 6 N–H and O–H groups in total. The predicted octanol–water partition coefficient (Wildman–Crippen LogP) is 11.6. The lowest BCUT2D eigenvalue weighted by atomic mass is 9.79. The first-order chi connectivity index (χ1) is 58.8. The van der Waals surface area contributed by atoms with Crippen LogP contribution in [0.2, 0.25) is 5.28 Å². The minimum Gasteiger partial charge on any atom is -0.399 e. The Labute approximate surface area is 704 Å². The number of alkyl halides is 12. The standard InChI is InChI=1S/2C19H19F3N6O2.C17H17F3N6O.C12H18BNO2.C11H11ClF3N5O/c2*1-12(29)24-14-4-2-13(3-5-14)16-25-17(27-6-8-30-9-7-27)15-10-23-28(18(15)26-16)11-19(20,21)22;18-17(19,20)10-26-16-13(9-22-26)15(25-5-7-27-8-6-25)23-14(24-16)11-1-3-12(21)4-2-11;1-11(2)12(3,4)16-13(15-11)9-5-7-10(14)8-6-9;12-10-17-8(19-1-3-21-4-2-19)7-5-16-20(9(7)18-10)6-11(13,14)15/h2*2-5,10H,6-9,11H2,1H3,(H,24,29);1-4,9H,5-8,10,21H2;5-8H,14H2,1-4H3;5H,1-4,6H2. The molecule has 12 aromatic rings. The van der Waals surface area contributed by atoms with Crippen molar-refractivity contribution in [2.45, 2.75) is 104 Å². The molecule has 17 rings (SSSR count). The Kier molecular flexibility index (Phi) is 27.3. The fourth-order valence-electron chi connectivity index (χ4n) is 13.4. The van der Waals surface area contributed by atoms with Crippen molar-refractivity contribution < 1.29 is 90.5 Å². The molecule has 0 spiro atoms. The smallest absolute Gasteiger partial charge is 0.399 e. The molecular weight excluding hydrogens is 1680 g/mol. The zero-order valence-corrected chi connectivity index (χ0v) is 68.3. The number of nitrogen functional groups attached to an aromatic ring is 2. The second-order valence-corrected chi connectivity index (χ2v) is 30.2. The van der Waals surface area contributed by atoms with Crippen LogP contribution in [0.5, 0.6) is 0 Å². The zero-order chi connectivity index (χ0) is 88.6. The number of fused-ring (bicyclic) bond motifs is 4. The number of benzene rings is 4. The molecule has 2 amide bonds. The van der Waals surface area contributed by atoms with Crippen LogP contribution >= 0.6 is 11.6 Å². The highest BCUT2D eigenvalue weighted by atomic mass is 35.5. The van der Waals surface area contributed by atoms with Gasteiger partial charge in [-0.2, -0.15) is 83.0 Å². The maximum absolute atomic E-state index is 13.0. The first-order valence-corrected chi connectivity index (χ1v) is 39.1. The van der Waals surface area contributed by atoms with Gasteiger partial charge in [-0.3, -0.25) is 9.59 Å². The molecule has 0 atom stereocenters. The molecule has 0 aliphatic carbocycles. The summed E-state index contributed by atoms with van der Waals surface area (Å²) in [5.41, 5.74) is 16.7. The van der Waals surface area contributed by atoms with Crippen molar-refractivity contribution >= 4 is 126 Å². The number of aromatic nitrogens is 16. The first-order valence-electron chi connectivity index (χ1n) is 38.8. The van der Waals surface area contributed by atoms with E-state index in [-0.39, 0.29) is 69.7 Å². The summed E-state index contributed by atoms with van der Waals surface area (Å²) in [5.74, 6) is 2.58. The van der Waals surface area contributed by atoms with Crippen LogP contribution in [0.1, 0.15) is 41.5 Å². The second kappa shape index (κ2) is 37.7. The number of amides is 2. The molecule has 46 heteroatoms. The molecule has 0 saturated carbocycles. The Morgan fingerprint density at radius 3 is 0.903 bits per heavy atom. The number of halogens is 13. The van der Waals surface area contributed by atoms with E-state index in [0.29, 0.717) is 190 Å². The van der Waals surface area contributed by atoms with Crippen LogP contribution in [0.3, 0.4) is 0 Å². The Morgan fingerprint density at radius 2 is 0.637 bits per heavy atom. The highest BCUT2D eigenvalue weighted by Crippen LogP contribution is 2.39. The third kappa shape index (κ3) is 22.9. The van der Waals surface area contributed by atoms with Crippen molar-refractivity contribution in [2.24, 2.45) is 0 Å². The van der Waals surface area contributed by atoms with E-state index in [4.69, 9.17) is 51.3 Å². The number of nitrogens with two attached hydrogens (primary N) is 2. The van der Waals surface area contributed by atoms with E-state index in [2.05, 4.69) is 70.9 Å². The SMILES string of the molecule is CC(=O)Nc1ccc(-c2nc(N3CCOCC3)c3cnn(CC(F)(F)F)c3n2)cc1.CC(=O)Nc1ccc(-c2nc(N3CCOCC3)c3cnn(CC(F)(F)F)c3n2)cc1.CC1(C)OB(c2ccc(N)cc2)OC1(C)C.FC(F)(F)Cn1ncc2c(N3CCOCC3)nc(Cl)nc21.Nc1ccc(-c2nc(N3CCOCC3)c3cnn(CC(F)(F)F)c3n2)cc1. The molecule has 124 heavy (non-hydrogen) atoms. The minimum absolute atomic E-state index is 0.0776. The van der Waals surface area contributed by atoms with Gasteiger partial charge in [0, 0.05) is 106 Å². The number of nitrogens with one attached hydrogen (secondary N) is 2. The molecular formula is C78H84BClF12N24O8. The van der Waals surface area contributed by atoms with Crippen molar-refractivity contribution in [2.75, 3.05) is 147 Å². The number of morpholine rings is 4. The molecule has 0 bridgehead atoms. The summed E-state index contributed by atoms with van der Waals surface area (Å²) >= 11 is 5.84. The van der Waals surface area contributed by atoms with Crippen molar-refractivity contribution in [3.63, 3.8) is 0 Å². The molecule has 5 aliphatic heterocycles. The Bertz CT molecular complexity index is 5500. The minimum atomic E-state index is -4.43. The molecule has 658 valence electrons. The summed E-state index contributed by atoms with van der Waals surface area (Å²) in [6, 6.07) is 28.1. The van der Waals surface area contributed by atoms with E-state index >= 15 is 0 Å². The highest BCUT2D eigenvalue weighted by molar-refractivity contribution is 6.62. The first kappa shape index (κ1) is 89.8. The summed E-state index contributed by atoms with van der Waals surface area (Å²) in [6.07, 6.45) is -12.2. The number of rotatable bonds is 14. The van der Waals surface area contributed by atoms with E-state index < -0.39 is 50.9 Å². The van der Waals surface area contributed by atoms with Gasteiger partial charge in [0.1, 0.15) is 49.5 Å². The van der Waals surface area contributed by atoms with E-state index in [0.717, 1.165) is 29.9 Å². The average molecular weight is 1760 g/mol. The van der Waals surface area contributed by atoms with Crippen molar-refractivity contribution in [3.8, 4) is 34.2 Å². The van der Waals surface area contributed by atoms with Gasteiger partial charge < -0.3 is 70.0 Å². The summed E-state index contributed by atoms with van der Waals surface area (Å²) < 4.78 is 191. The number of carbonyl (C=O) groups excluding carboxylic acids is 2. The van der Waals surface area contributed by atoms with Gasteiger partial charge in [-0.05, 0) is 130 Å². The van der Waals surface area contributed by atoms with Crippen LogP contribution in [0.4, 0.5) is 98.7 Å². The van der Waals surface area contributed by atoms with Gasteiger partial charge in [0.15, 0.2) is 40.1 Å². The van der Waals surface area contributed by atoms with Crippen LogP contribution in [-0.2, 0) is 64.0 Å². The van der Waals surface area contributed by atoms with Gasteiger partial charge in [-0.1, -0.05) is 12.1 Å². The molecule has 5 saturated heterocycles. The number of hydrogen-bond acceptors (Lipinski definition) is 26. The summed E-state index contributed by atoms with van der Waals surface area (Å²) in [4.78, 5) is 65.2. The third-order valence-electron chi connectivity index (χ3n) is 20.0. The molecule has 0 unspecified atom stereocenters. The van der Waals surface area contributed by atoms with E-state index in [1.54, 1.807) is 72.8 Å². The third-order valence-corrected chi connectivity index (χ3v) is 20.2. The number of ether oxygens (including phenoxy) is 4. The molecule has 4 aromatic carbocycles. The molecule has 0 radical (unpaired) electrons. The van der Waals surface area contributed by atoms with E-state index in [1.165, 1.54) is 38.6 Å². The fourth-order valence-corrected chi connectivity index (χ4v) is 13.6. The van der Waals surface area contributed by atoms with Gasteiger partial charge in [0.25, 0.3) is 0 Å². The summed E-state index contributed by atoms with van der Waals surface area (Å²) in [5, 5.41) is 22.5. The Hall–Kier alpha value is -11.9. The van der Waals surface area contributed by atoms with Gasteiger partial charge in [-0.15, -0.1) is 0 Å². The normalized spacial score (nSPS) is 16.3. The molecule has 5 aliphatic rings. The van der Waals surface area contributed by atoms with Crippen LogP contribution in [0.15, 0.2) is 122 Å². The molecule has 8 aromatic heterocycles. The lowest BCUT2D eigenvalue weighted by Gasteiger charge is -2.32. The number of nitrogens with zero attached hydrogens (tertiary/aromatic N) is 20. The molecule has 32 nitrogen and oxygen atoms in total. The quantitative estimate of drug-likeness (QED) is 0.0340. The van der Waals surface area contributed by atoms with Crippen molar-refractivity contribution in [1.29, 1.82) is 0 Å². The molecule has 13 heterocycles. The van der Waals surface area contributed by atoms with Gasteiger partial charge in [0.05, 0.1) is 110 Å². The predicted molar refractivity (Wildman–Crippen MR) is 439 cm³/mol. The highest BCUT2D eigenvalue weighted by Gasteiger charge is 2.52. The largest absolute Gasteiger partial charge is 0.494 e. The Balaban J connectivity index is 0.000000135. The van der Waals surface area contributed by atoms with Crippen LogP contribution < -0.4 is 47.2 Å². The van der Waals surface area contributed by atoms with Crippen LogP contribution in [-0.4, -0.2) is 239 Å². The summed E-state index contributed by atoms with van der Waals surface area (Å²) in [7, 11) is -0.300. The topological polar surface area (TPSA) is 353 Å². The maximum atomic E-state index is 13.0. The summed E-state index contributed by atoms with van der Waals surface area (Å²) in [6.45, 7) is 14.8. The van der Waals surface area contributed by atoms with Crippen LogP contribution in [0.25, 0.3) is 78.3 Å². The van der Waals surface area contributed by atoms with E-state index in [1.807, 2.05) is 71.6 Å². The second-order valence-electron chi connectivity index (χ2n) is 29.8. The molecule has 5 fully saturated rings. The number of carbonyl (C=O) groups is 2. The zero-order valence-electron chi connectivity index (χ0n) is 67.5. The van der Waals surface area contributed by atoms with Gasteiger partial charge in [-0.25, -0.2) is 48.6 Å². The lowest BCUT2D eigenvalue weighted by molar-refractivity contribution is -0.142. The van der Waals surface area contributed by atoms with Crippen LogP contribution in [0, 0.1) is 0 Å². The monoisotopic (exact) mass is 1760 g/mol. The maximum Gasteiger partial charge on any atom is 0.494 e. The van der Waals surface area contributed by atoms with E-state index in [9.17, 15) is 62.3 Å². The van der Waals surface area contributed by atoms with Crippen molar-refractivity contribution in [1.82, 2.24) is 79.0 Å². The average Bonchev–Trinajstić information content (AvgIpc) is 1.67. The van der Waals surface area contributed by atoms with Crippen molar-refractivity contribution in [3.05, 3.63) is 127 Å². The van der Waals surface area contributed by atoms with Gasteiger partial charge in [0.2, 0.25) is 17.1 Å². The van der Waals surface area contributed by atoms with Gasteiger partial charge >= 0.3 is 31.8 Å². The Morgan fingerprint density at radius 1 is 0.387 bits per heavy atom. The lowest BCUT2D eigenvalue weighted by Crippen LogP contribution is -2.41. The fraction of sp³-hybridized carbons (Fsp3) is 0.410.